The lowest BCUT2D eigenvalue weighted by atomic mass is 9.80. The third kappa shape index (κ3) is 4.16. The fourth-order valence-corrected chi connectivity index (χ4v) is 2.62. The molecular formula is C16H21F2NO3. The fourth-order valence-electron chi connectivity index (χ4n) is 2.62. The minimum absolute atomic E-state index is 0.0164. The van der Waals surface area contributed by atoms with Crippen LogP contribution in [0.1, 0.15) is 37.7 Å². The summed E-state index contributed by atoms with van der Waals surface area (Å²) in [7, 11) is 0. The topological polar surface area (TPSA) is 58.6 Å². The molecule has 1 amide bonds. The molecule has 2 N–H and O–H groups in total. The van der Waals surface area contributed by atoms with Gasteiger partial charge in [0.2, 0.25) is 0 Å². The molecule has 0 atom stereocenters. The molecule has 1 fully saturated rings. The maximum atomic E-state index is 14.1. The summed E-state index contributed by atoms with van der Waals surface area (Å²) in [6.07, 6.45) is 1.20. The molecule has 6 heteroatoms. The Bertz CT molecular complexity index is 487. The van der Waals surface area contributed by atoms with E-state index in [4.69, 9.17) is 4.74 Å². The van der Waals surface area contributed by atoms with Gasteiger partial charge < -0.3 is 15.2 Å². The van der Waals surface area contributed by atoms with Crippen LogP contribution in [0.2, 0.25) is 0 Å². The van der Waals surface area contributed by atoms with Crippen LogP contribution in [-0.2, 0) is 11.3 Å². The van der Waals surface area contributed by atoms with Crippen molar-refractivity contribution >= 4 is 6.09 Å². The number of alkyl halides is 2. The summed E-state index contributed by atoms with van der Waals surface area (Å²) < 4.78 is 33.1. The standard InChI is InChI=1S/C16H21F2NO3/c17-16(18,15(21)9-5-2-6-10-15)12-19-14(20)22-11-13-7-3-1-4-8-13/h1,3-4,7-8,21H,2,5-6,9-12H2,(H,19,20). The van der Waals surface area contributed by atoms with E-state index in [9.17, 15) is 18.7 Å². The van der Waals surface area contributed by atoms with Gasteiger partial charge in [-0.3, -0.25) is 0 Å². The first-order valence-corrected chi connectivity index (χ1v) is 7.48. The highest BCUT2D eigenvalue weighted by Crippen LogP contribution is 2.40. The number of halogens is 2. The maximum absolute atomic E-state index is 14.1. The van der Waals surface area contributed by atoms with Gasteiger partial charge in [0.05, 0.1) is 6.54 Å². The van der Waals surface area contributed by atoms with Crippen molar-refractivity contribution in [2.45, 2.75) is 50.2 Å². The number of carbonyl (C=O) groups excluding carboxylic acids is 1. The molecule has 1 aromatic rings. The number of carbonyl (C=O) groups is 1. The van der Waals surface area contributed by atoms with E-state index in [-0.39, 0.29) is 19.4 Å². The highest BCUT2D eigenvalue weighted by Gasteiger charge is 2.52. The van der Waals surface area contributed by atoms with E-state index in [0.717, 1.165) is 12.0 Å². The first-order chi connectivity index (χ1) is 10.4. The Labute approximate surface area is 128 Å². The largest absolute Gasteiger partial charge is 0.445 e. The lowest BCUT2D eigenvalue weighted by Crippen LogP contribution is -2.55. The van der Waals surface area contributed by atoms with Gasteiger partial charge in [0.1, 0.15) is 12.2 Å². The van der Waals surface area contributed by atoms with E-state index in [2.05, 4.69) is 0 Å². The molecule has 1 aliphatic rings. The molecule has 1 aromatic carbocycles. The SMILES string of the molecule is O=C(NCC(F)(F)C1(O)CCCCC1)OCc1ccccc1. The van der Waals surface area contributed by atoms with Gasteiger partial charge in [-0.1, -0.05) is 49.6 Å². The van der Waals surface area contributed by atoms with E-state index >= 15 is 0 Å². The quantitative estimate of drug-likeness (QED) is 0.877. The van der Waals surface area contributed by atoms with E-state index in [1.165, 1.54) is 0 Å². The normalized spacial score (nSPS) is 17.8. The van der Waals surface area contributed by atoms with E-state index in [1.54, 1.807) is 24.3 Å². The predicted octanol–water partition coefficient (Wildman–Crippen LogP) is 3.24. The minimum atomic E-state index is -3.36. The Balaban J connectivity index is 1.79. The first-order valence-electron chi connectivity index (χ1n) is 7.48. The second-order valence-corrected chi connectivity index (χ2v) is 5.71. The summed E-state index contributed by atoms with van der Waals surface area (Å²) in [6.45, 7) is -0.903. The summed E-state index contributed by atoms with van der Waals surface area (Å²) in [5.41, 5.74) is -1.26. The van der Waals surface area contributed by atoms with Crippen molar-refractivity contribution in [1.82, 2.24) is 5.32 Å². The number of rotatable bonds is 5. The Morgan fingerprint density at radius 1 is 1.23 bits per heavy atom. The van der Waals surface area contributed by atoms with Crippen LogP contribution in [0.25, 0.3) is 0 Å². The van der Waals surface area contributed by atoms with Gasteiger partial charge >= 0.3 is 6.09 Å². The zero-order valence-corrected chi connectivity index (χ0v) is 12.4. The Morgan fingerprint density at radius 3 is 2.50 bits per heavy atom. The van der Waals surface area contributed by atoms with Crippen molar-refractivity contribution in [3.05, 3.63) is 35.9 Å². The zero-order chi connectivity index (χ0) is 16.1. The van der Waals surface area contributed by atoms with Gasteiger partial charge in [-0.15, -0.1) is 0 Å². The number of benzene rings is 1. The zero-order valence-electron chi connectivity index (χ0n) is 12.4. The monoisotopic (exact) mass is 313 g/mol. The molecule has 1 saturated carbocycles. The second-order valence-electron chi connectivity index (χ2n) is 5.71. The molecule has 1 aliphatic carbocycles. The van der Waals surface area contributed by atoms with Gasteiger partial charge in [-0.05, 0) is 18.4 Å². The summed E-state index contributed by atoms with van der Waals surface area (Å²) in [4.78, 5) is 11.5. The van der Waals surface area contributed by atoms with Gasteiger partial charge in [-0.25, -0.2) is 13.6 Å². The molecule has 0 unspecified atom stereocenters. The van der Waals surface area contributed by atoms with Crippen molar-refractivity contribution in [2.75, 3.05) is 6.54 Å². The van der Waals surface area contributed by atoms with Crippen molar-refractivity contribution in [3.8, 4) is 0 Å². The van der Waals surface area contributed by atoms with Crippen molar-refractivity contribution < 1.29 is 23.4 Å². The van der Waals surface area contributed by atoms with E-state index < -0.39 is 24.2 Å². The first kappa shape index (κ1) is 16.7. The van der Waals surface area contributed by atoms with Crippen molar-refractivity contribution in [2.24, 2.45) is 0 Å². The highest BCUT2D eigenvalue weighted by molar-refractivity contribution is 5.67. The number of amides is 1. The van der Waals surface area contributed by atoms with Crippen molar-refractivity contribution in [3.63, 3.8) is 0 Å². The van der Waals surface area contributed by atoms with E-state index in [0.29, 0.717) is 12.8 Å². The average molecular weight is 313 g/mol. The molecule has 0 aromatic heterocycles. The van der Waals surface area contributed by atoms with Crippen LogP contribution in [0.4, 0.5) is 13.6 Å². The molecule has 0 radical (unpaired) electrons. The molecule has 0 heterocycles. The number of alkyl carbamates (subject to hydrolysis) is 1. The Morgan fingerprint density at radius 2 is 1.86 bits per heavy atom. The van der Waals surface area contributed by atoms with Gasteiger partial charge in [-0.2, -0.15) is 0 Å². The van der Waals surface area contributed by atoms with Crippen LogP contribution in [0.3, 0.4) is 0 Å². The van der Waals surface area contributed by atoms with Crippen LogP contribution < -0.4 is 5.32 Å². The average Bonchev–Trinajstić information content (AvgIpc) is 2.52. The lowest BCUT2D eigenvalue weighted by Gasteiger charge is -2.38. The molecule has 122 valence electrons. The van der Waals surface area contributed by atoms with Crippen LogP contribution >= 0.6 is 0 Å². The van der Waals surface area contributed by atoms with Crippen molar-refractivity contribution in [1.29, 1.82) is 0 Å². The highest BCUT2D eigenvalue weighted by atomic mass is 19.3. The Hall–Kier alpha value is -1.69. The number of nitrogens with one attached hydrogen (secondary N) is 1. The molecule has 2 rings (SSSR count). The summed E-state index contributed by atoms with van der Waals surface area (Å²) in [5.74, 6) is -3.36. The number of ether oxygens (including phenoxy) is 1. The summed E-state index contributed by atoms with van der Waals surface area (Å²) in [6, 6.07) is 8.96. The molecule has 0 spiro atoms. The number of hydrogen-bond acceptors (Lipinski definition) is 3. The van der Waals surface area contributed by atoms with E-state index in [1.807, 2.05) is 11.4 Å². The molecule has 22 heavy (non-hydrogen) atoms. The second kappa shape index (κ2) is 7.05. The minimum Gasteiger partial charge on any atom is -0.445 e. The third-order valence-electron chi connectivity index (χ3n) is 4.03. The molecule has 0 bridgehead atoms. The molecule has 4 nitrogen and oxygen atoms in total. The van der Waals surface area contributed by atoms with Crippen LogP contribution in [0.15, 0.2) is 30.3 Å². The summed E-state index contributed by atoms with van der Waals surface area (Å²) in [5, 5.41) is 12.1. The van der Waals surface area contributed by atoms with Crippen LogP contribution in [0, 0.1) is 0 Å². The van der Waals surface area contributed by atoms with Crippen LogP contribution in [0.5, 0.6) is 0 Å². The lowest BCUT2D eigenvalue weighted by molar-refractivity contribution is -0.191. The molecular weight excluding hydrogens is 292 g/mol. The maximum Gasteiger partial charge on any atom is 0.407 e. The van der Waals surface area contributed by atoms with Crippen LogP contribution in [-0.4, -0.2) is 29.3 Å². The fraction of sp³-hybridized carbons (Fsp3) is 0.562. The molecule has 0 aliphatic heterocycles. The Kier molecular flexibility index (Phi) is 5.34. The number of aliphatic hydroxyl groups is 1. The summed E-state index contributed by atoms with van der Waals surface area (Å²) >= 11 is 0. The van der Waals surface area contributed by atoms with Gasteiger partial charge in [0, 0.05) is 0 Å². The number of hydrogen-bond donors (Lipinski definition) is 2. The molecule has 0 saturated heterocycles. The van der Waals surface area contributed by atoms with Gasteiger partial charge in [0.15, 0.2) is 0 Å². The van der Waals surface area contributed by atoms with Gasteiger partial charge in [0.25, 0.3) is 5.92 Å². The smallest absolute Gasteiger partial charge is 0.407 e. The third-order valence-corrected chi connectivity index (χ3v) is 4.03. The predicted molar refractivity (Wildman–Crippen MR) is 77.6 cm³/mol.